The molecule has 0 saturated carbocycles. The third-order valence-electron chi connectivity index (χ3n) is 7.62. The normalized spacial score (nSPS) is 19.3. The molecule has 3 atom stereocenters. The first-order valence-electron chi connectivity index (χ1n) is 14.7. The fourth-order valence-corrected chi connectivity index (χ4v) is 6.38. The Hall–Kier alpha value is -3.58. The Balaban J connectivity index is 1.30. The Morgan fingerprint density at radius 1 is 1.04 bits per heavy atom. The third kappa shape index (κ3) is 7.46. The molecule has 3 aromatic rings. The van der Waals surface area contributed by atoms with Crippen molar-refractivity contribution >= 4 is 52.0 Å². The molecule has 12 heteroatoms. The topological polar surface area (TPSA) is 124 Å². The summed E-state index contributed by atoms with van der Waals surface area (Å²) in [6, 6.07) is 11.6. The van der Waals surface area contributed by atoms with E-state index in [1.165, 1.54) is 6.07 Å². The van der Waals surface area contributed by atoms with Crippen LogP contribution in [-0.4, -0.2) is 68.8 Å². The van der Waals surface area contributed by atoms with Gasteiger partial charge >= 0.3 is 0 Å². The second-order valence-electron chi connectivity index (χ2n) is 10.5. The average Bonchev–Trinajstić information content (AvgIpc) is 3.64. The number of hydrogen-bond donors (Lipinski definition) is 2. The van der Waals surface area contributed by atoms with E-state index in [-0.39, 0.29) is 36.4 Å². The number of fused-ring (bicyclic) bond motifs is 1. The van der Waals surface area contributed by atoms with Gasteiger partial charge in [0.15, 0.2) is 5.76 Å². The van der Waals surface area contributed by atoms with Crippen molar-refractivity contribution in [2.24, 2.45) is 5.92 Å². The highest BCUT2D eigenvalue weighted by Gasteiger charge is 2.39. The van der Waals surface area contributed by atoms with Crippen LogP contribution in [0.3, 0.4) is 0 Å². The second-order valence-corrected chi connectivity index (χ2v) is 11.8. The lowest BCUT2D eigenvalue weighted by Crippen LogP contribution is -2.38. The average molecular weight is 655 g/mol. The van der Waals surface area contributed by atoms with Gasteiger partial charge in [0.25, 0.3) is 17.7 Å². The zero-order valence-corrected chi connectivity index (χ0v) is 26.6. The predicted molar refractivity (Wildman–Crippen MR) is 171 cm³/mol. The Morgan fingerprint density at radius 2 is 1.82 bits per heavy atom. The first kappa shape index (κ1) is 32.8. The number of aliphatic hydroxyl groups excluding tert-OH is 1. The molecule has 1 aromatic heterocycles. The lowest BCUT2D eigenvalue weighted by Gasteiger charge is -2.36. The number of halogens is 1. The van der Waals surface area contributed by atoms with Gasteiger partial charge < -0.3 is 29.4 Å². The van der Waals surface area contributed by atoms with Gasteiger partial charge in [-0.1, -0.05) is 11.6 Å². The number of amides is 3. The number of aryl methyl sites for hydroxylation is 1. The minimum absolute atomic E-state index is 0.0309. The fraction of sp³-hybridized carbons (Fsp3) is 0.364. The number of rotatable bonds is 14. The van der Waals surface area contributed by atoms with Crippen LogP contribution in [0.5, 0.6) is 0 Å². The van der Waals surface area contributed by atoms with Gasteiger partial charge in [-0.15, -0.1) is 0 Å². The van der Waals surface area contributed by atoms with Crippen LogP contribution in [0.1, 0.15) is 51.1 Å². The molecular formula is C33H35ClN2O8S. The van der Waals surface area contributed by atoms with E-state index in [0.29, 0.717) is 60.4 Å². The first-order chi connectivity index (χ1) is 21.8. The molecule has 0 radical (unpaired) electrons. The van der Waals surface area contributed by atoms with Crippen molar-refractivity contribution in [3.05, 3.63) is 92.3 Å². The highest BCUT2D eigenvalue weighted by Crippen LogP contribution is 2.40. The van der Waals surface area contributed by atoms with E-state index in [1.54, 1.807) is 48.6 Å². The van der Waals surface area contributed by atoms with Crippen LogP contribution in [0.15, 0.2) is 65.1 Å². The van der Waals surface area contributed by atoms with Gasteiger partial charge in [-0.2, -0.15) is 11.3 Å². The van der Waals surface area contributed by atoms with E-state index in [2.05, 4.69) is 10.7 Å². The number of thiophene rings is 1. The van der Waals surface area contributed by atoms with Crippen LogP contribution >= 0.6 is 22.9 Å². The van der Waals surface area contributed by atoms with Crippen molar-refractivity contribution in [1.29, 1.82) is 0 Å². The van der Waals surface area contributed by atoms with Crippen molar-refractivity contribution in [3.8, 4) is 0 Å². The quantitative estimate of drug-likeness (QED) is 0.172. The summed E-state index contributed by atoms with van der Waals surface area (Å²) in [6.07, 6.45) is 1.78. The van der Waals surface area contributed by atoms with Crippen LogP contribution in [0, 0.1) is 12.8 Å². The summed E-state index contributed by atoms with van der Waals surface area (Å²) >= 11 is 7.63. The number of carbonyl (C=O) groups excluding carboxylic acids is 3. The maximum atomic E-state index is 13.5. The highest BCUT2D eigenvalue weighted by molar-refractivity contribution is 7.08. The maximum Gasteiger partial charge on any atom is 0.290 e. The lowest BCUT2D eigenvalue weighted by molar-refractivity contribution is -0.166. The number of anilines is 2. The van der Waals surface area contributed by atoms with Crippen molar-refractivity contribution in [1.82, 2.24) is 0 Å². The fourth-order valence-electron chi connectivity index (χ4n) is 5.50. The van der Waals surface area contributed by atoms with Crippen LogP contribution in [-0.2, 0) is 23.7 Å². The molecule has 3 heterocycles. The number of carbonyl (C=O) groups is 3. The highest BCUT2D eigenvalue weighted by atomic mass is 35.5. The summed E-state index contributed by atoms with van der Waals surface area (Å²) in [5, 5.41) is 16.2. The van der Waals surface area contributed by atoms with Crippen LogP contribution < -0.4 is 10.2 Å². The third-order valence-corrected chi connectivity index (χ3v) is 8.55. The Morgan fingerprint density at radius 3 is 2.53 bits per heavy atom. The van der Waals surface area contributed by atoms with E-state index >= 15 is 0 Å². The van der Waals surface area contributed by atoms with Gasteiger partial charge in [0.05, 0.1) is 43.2 Å². The molecule has 5 rings (SSSR count). The zero-order valence-electron chi connectivity index (χ0n) is 25.0. The summed E-state index contributed by atoms with van der Waals surface area (Å²) in [5.74, 6) is -1.44. The summed E-state index contributed by atoms with van der Waals surface area (Å²) < 4.78 is 23.1. The van der Waals surface area contributed by atoms with Crippen molar-refractivity contribution in [2.75, 3.05) is 49.9 Å². The monoisotopic (exact) mass is 654 g/mol. The molecule has 0 aliphatic carbocycles. The first-order valence-corrected chi connectivity index (χ1v) is 16.0. The number of allylic oxidation sites excluding steroid dienone is 1. The summed E-state index contributed by atoms with van der Waals surface area (Å²) in [5.41, 5.74) is 3.12. The second kappa shape index (κ2) is 15.1. The van der Waals surface area contributed by atoms with Gasteiger partial charge in [-0.05, 0) is 90.7 Å². The van der Waals surface area contributed by atoms with E-state index in [0.717, 1.165) is 10.5 Å². The van der Waals surface area contributed by atoms with Crippen molar-refractivity contribution < 1.29 is 38.4 Å². The molecule has 10 nitrogen and oxygen atoms in total. The van der Waals surface area contributed by atoms with Crippen LogP contribution in [0.2, 0.25) is 5.02 Å². The molecule has 0 fully saturated rings. The maximum absolute atomic E-state index is 13.5. The van der Waals surface area contributed by atoms with Crippen LogP contribution in [0.25, 0.3) is 0 Å². The van der Waals surface area contributed by atoms with Gasteiger partial charge in [-0.3, -0.25) is 14.4 Å². The smallest absolute Gasteiger partial charge is 0.290 e. The Kier molecular flexibility index (Phi) is 11.0. The number of nitrogens with zero attached hydrogens (tertiary/aromatic N) is 1. The van der Waals surface area contributed by atoms with E-state index in [4.69, 9.17) is 35.7 Å². The van der Waals surface area contributed by atoms with E-state index in [1.807, 2.05) is 24.4 Å². The molecule has 0 bridgehead atoms. The van der Waals surface area contributed by atoms with E-state index in [9.17, 15) is 14.4 Å². The molecule has 0 spiro atoms. The van der Waals surface area contributed by atoms with E-state index < -0.39 is 24.0 Å². The standard InChI is InChI=1S/C33H35ClN2O8S/c1-3-43-33-25(8-11-41-13-14-42-12-10-37)26(21-9-15-45-19-21)18-29(44-33)30(38)35-23-5-7-28(20(2)16-23)36-31(39)24-6-4-22(34)17-27(24)32(36)40/h4-7,9,15-19,25-26,33,37H,3,8,10-14H2,1-2H3,(H,35,38)/t25-,26-,33-/m1/s1. The minimum Gasteiger partial charge on any atom is -0.459 e. The number of aliphatic hydroxyl groups is 1. The number of nitrogens with one attached hydrogen (secondary N) is 1. The molecule has 2 aliphatic heterocycles. The minimum atomic E-state index is -0.675. The molecule has 45 heavy (non-hydrogen) atoms. The molecule has 2 N–H and O–H groups in total. The molecule has 0 saturated heterocycles. The van der Waals surface area contributed by atoms with Crippen LogP contribution in [0.4, 0.5) is 11.4 Å². The molecule has 3 amide bonds. The SMILES string of the molecule is CCO[C@@H]1OC(C(=O)Nc2ccc(N3C(=O)c4ccc(Cl)cc4C3=O)c(C)c2)=C[C@H](c2ccsc2)[C@H]1CCOCCOCCO. The number of imide groups is 1. The van der Waals surface area contributed by atoms with Crippen molar-refractivity contribution in [2.45, 2.75) is 32.5 Å². The predicted octanol–water partition coefficient (Wildman–Crippen LogP) is 5.54. The summed E-state index contributed by atoms with van der Waals surface area (Å²) in [4.78, 5) is 40.8. The summed E-state index contributed by atoms with van der Waals surface area (Å²) in [6.45, 7) is 5.52. The zero-order chi connectivity index (χ0) is 31.9. The molecule has 238 valence electrons. The van der Waals surface area contributed by atoms with Gasteiger partial charge in [0, 0.05) is 35.8 Å². The molecule has 2 aliphatic rings. The number of hydrogen-bond acceptors (Lipinski definition) is 9. The van der Waals surface area contributed by atoms with Gasteiger partial charge in [-0.25, -0.2) is 4.90 Å². The molecular weight excluding hydrogens is 620 g/mol. The number of ether oxygens (including phenoxy) is 4. The largest absolute Gasteiger partial charge is 0.459 e. The van der Waals surface area contributed by atoms with Gasteiger partial charge in [0.2, 0.25) is 6.29 Å². The lowest BCUT2D eigenvalue weighted by atomic mass is 9.82. The van der Waals surface area contributed by atoms with Crippen molar-refractivity contribution in [3.63, 3.8) is 0 Å². The van der Waals surface area contributed by atoms with Gasteiger partial charge in [0.1, 0.15) is 0 Å². The summed E-state index contributed by atoms with van der Waals surface area (Å²) in [7, 11) is 0. The Labute approximate surface area is 270 Å². The Bertz CT molecular complexity index is 1560. The number of benzene rings is 2. The molecule has 0 unspecified atom stereocenters. The molecule has 2 aromatic carbocycles.